The predicted molar refractivity (Wildman–Crippen MR) is 94.0 cm³/mol. The molecule has 4 heteroatoms. The van der Waals surface area contributed by atoms with Crippen molar-refractivity contribution in [3.05, 3.63) is 35.9 Å². The summed E-state index contributed by atoms with van der Waals surface area (Å²) < 4.78 is 0. The Morgan fingerprint density at radius 2 is 1.43 bits per heavy atom. The maximum absolute atomic E-state index is 12.3. The molecular weight excluding hydrogens is 288 g/mol. The third-order valence-corrected chi connectivity index (χ3v) is 3.53. The van der Waals surface area contributed by atoms with Gasteiger partial charge in [0.2, 0.25) is 11.8 Å². The van der Waals surface area contributed by atoms with Gasteiger partial charge in [-0.05, 0) is 12.0 Å². The molecule has 1 aromatic carbocycles. The highest BCUT2D eigenvalue weighted by Gasteiger charge is 2.26. The van der Waals surface area contributed by atoms with Crippen molar-refractivity contribution in [2.75, 3.05) is 6.54 Å². The van der Waals surface area contributed by atoms with Crippen molar-refractivity contribution in [3.63, 3.8) is 0 Å². The first kappa shape index (κ1) is 19.2. The van der Waals surface area contributed by atoms with Crippen LogP contribution < -0.4 is 10.6 Å². The number of nitrogens with one attached hydrogen (secondary N) is 2. The average molecular weight is 318 g/mol. The minimum atomic E-state index is -0.455. The largest absolute Gasteiger partial charge is 0.354 e. The first-order valence-electron chi connectivity index (χ1n) is 8.13. The number of carbonyl (C=O) groups is 2. The van der Waals surface area contributed by atoms with E-state index in [9.17, 15) is 9.59 Å². The van der Waals surface area contributed by atoms with Crippen LogP contribution in [0.15, 0.2) is 30.3 Å². The fourth-order valence-electron chi connectivity index (χ4n) is 1.96. The van der Waals surface area contributed by atoms with Gasteiger partial charge in [-0.3, -0.25) is 9.59 Å². The van der Waals surface area contributed by atoms with Crippen LogP contribution in [0.1, 0.15) is 47.1 Å². The second-order valence-electron chi connectivity index (χ2n) is 8.07. The summed E-state index contributed by atoms with van der Waals surface area (Å²) in [6.07, 6.45) is 0.688. The Labute approximate surface area is 140 Å². The zero-order chi connectivity index (χ0) is 17.7. The van der Waals surface area contributed by atoms with E-state index in [1.54, 1.807) is 0 Å². The Hall–Kier alpha value is -1.84. The number of hydrogen-bond donors (Lipinski definition) is 2. The number of amides is 2. The van der Waals surface area contributed by atoms with E-state index < -0.39 is 10.8 Å². The lowest BCUT2D eigenvalue weighted by molar-refractivity contribution is -0.131. The molecule has 1 rings (SSSR count). The molecule has 1 aromatic rings. The van der Waals surface area contributed by atoms with Gasteiger partial charge in [0.15, 0.2) is 0 Å². The molecule has 0 saturated carbocycles. The molecule has 0 bridgehead atoms. The highest BCUT2D eigenvalue weighted by Crippen LogP contribution is 2.15. The summed E-state index contributed by atoms with van der Waals surface area (Å²) in [4.78, 5) is 24.4. The van der Waals surface area contributed by atoms with E-state index in [4.69, 9.17) is 0 Å². The van der Waals surface area contributed by atoms with E-state index in [0.29, 0.717) is 13.0 Å². The zero-order valence-corrected chi connectivity index (χ0v) is 15.2. The maximum atomic E-state index is 12.3. The van der Waals surface area contributed by atoms with Gasteiger partial charge in [0, 0.05) is 17.4 Å². The molecule has 0 unspecified atom stereocenters. The second kappa shape index (κ2) is 7.62. The van der Waals surface area contributed by atoms with E-state index in [-0.39, 0.29) is 17.9 Å². The monoisotopic (exact) mass is 318 g/mol. The number of carbonyl (C=O) groups excluding carboxylic acids is 2. The summed E-state index contributed by atoms with van der Waals surface area (Å²) in [5.74, 6) is -0.0241. The van der Waals surface area contributed by atoms with Gasteiger partial charge in [0.1, 0.15) is 0 Å². The van der Waals surface area contributed by atoms with Gasteiger partial charge >= 0.3 is 0 Å². The highest BCUT2D eigenvalue weighted by atomic mass is 16.2. The van der Waals surface area contributed by atoms with Crippen molar-refractivity contribution >= 4 is 11.8 Å². The Bertz CT molecular complexity index is 525. The van der Waals surface area contributed by atoms with Crippen LogP contribution >= 0.6 is 0 Å². The van der Waals surface area contributed by atoms with Crippen LogP contribution in [-0.2, 0) is 16.0 Å². The third-order valence-electron chi connectivity index (χ3n) is 3.53. The van der Waals surface area contributed by atoms with Gasteiger partial charge in [0.05, 0.1) is 6.04 Å². The molecule has 23 heavy (non-hydrogen) atoms. The lowest BCUT2D eigenvalue weighted by atomic mass is 9.94. The fraction of sp³-hybridized carbons (Fsp3) is 0.579. The van der Waals surface area contributed by atoms with Crippen molar-refractivity contribution < 1.29 is 9.59 Å². The smallest absolute Gasteiger partial charge is 0.225 e. The zero-order valence-electron chi connectivity index (χ0n) is 15.2. The van der Waals surface area contributed by atoms with Gasteiger partial charge in [0.25, 0.3) is 0 Å². The topological polar surface area (TPSA) is 58.2 Å². The van der Waals surface area contributed by atoms with E-state index in [2.05, 4.69) is 10.6 Å². The molecular formula is C19H30N2O2. The normalized spacial score (nSPS) is 13.3. The lowest BCUT2D eigenvalue weighted by Crippen LogP contribution is -2.49. The van der Waals surface area contributed by atoms with Gasteiger partial charge in [-0.2, -0.15) is 0 Å². The summed E-state index contributed by atoms with van der Waals surface area (Å²) >= 11 is 0. The molecule has 2 amide bonds. The van der Waals surface area contributed by atoms with Crippen molar-refractivity contribution in [2.24, 2.45) is 10.8 Å². The highest BCUT2D eigenvalue weighted by molar-refractivity contribution is 5.82. The molecule has 1 atom stereocenters. The number of rotatable bonds is 5. The van der Waals surface area contributed by atoms with E-state index in [0.717, 1.165) is 5.56 Å². The Kier molecular flexibility index (Phi) is 6.37. The maximum Gasteiger partial charge on any atom is 0.225 e. The first-order chi connectivity index (χ1) is 10.5. The van der Waals surface area contributed by atoms with Gasteiger partial charge in [-0.1, -0.05) is 71.9 Å². The van der Waals surface area contributed by atoms with Crippen LogP contribution in [0.25, 0.3) is 0 Å². The van der Waals surface area contributed by atoms with Gasteiger partial charge in [-0.15, -0.1) is 0 Å². The molecule has 0 spiro atoms. The summed E-state index contributed by atoms with van der Waals surface area (Å²) in [6.45, 7) is 11.7. The van der Waals surface area contributed by atoms with E-state index in [1.807, 2.05) is 71.9 Å². The Morgan fingerprint density at radius 1 is 0.913 bits per heavy atom. The van der Waals surface area contributed by atoms with Crippen LogP contribution in [0, 0.1) is 10.8 Å². The molecule has 0 aromatic heterocycles. The van der Waals surface area contributed by atoms with E-state index in [1.165, 1.54) is 0 Å². The predicted octanol–water partition coefficient (Wildman–Crippen LogP) is 2.92. The molecule has 4 nitrogen and oxygen atoms in total. The molecule has 128 valence electrons. The summed E-state index contributed by atoms with van der Waals surface area (Å²) in [5.41, 5.74) is 0.241. The van der Waals surface area contributed by atoms with Gasteiger partial charge < -0.3 is 10.6 Å². The van der Waals surface area contributed by atoms with Crippen LogP contribution in [0.5, 0.6) is 0 Å². The molecule has 0 saturated heterocycles. The molecule has 2 N–H and O–H groups in total. The lowest BCUT2D eigenvalue weighted by Gasteiger charge is -2.26. The molecule has 0 aliphatic heterocycles. The van der Waals surface area contributed by atoms with Crippen LogP contribution in [0.3, 0.4) is 0 Å². The number of benzene rings is 1. The molecule has 0 aliphatic carbocycles. The number of hydrogen-bond acceptors (Lipinski definition) is 2. The summed E-state index contributed by atoms with van der Waals surface area (Å²) in [6, 6.07) is 9.85. The first-order valence-corrected chi connectivity index (χ1v) is 8.13. The fourth-order valence-corrected chi connectivity index (χ4v) is 1.96. The van der Waals surface area contributed by atoms with Crippen LogP contribution in [0.2, 0.25) is 0 Å². The Balaban J connectivity index is 2.76. The van der Waals surface area contributed by atoms with Crippen molar-refractivity contribution in [1.82, 2.24) is 10.6 Å². The quantitative estimate of drug-likeness (QED) is 0.877. The molecule has 0 fully saturated rings. The second-order valence-corrected chi connectivity index (χ2v) is 8.07. The molecule has 0 radical (unpaired) electrons. The average Bonchev–Trinajstić information content (AvgIpc) is 2.43. The van der Waals surface area contributed by atoms with Crippen molar-refractivity contribution in [3.8, 4) is 0 Å². The third kappa shape index (κ3) is 6.85. The standard InChI is InChI=1S/C19H30N2O2/c1-18(2,3)16(22)20-13-15(21-17(23)19(4,5)6)12-14-10-8-7-9-11-14/h7-11,15H,12-13H2,1-6H3,(H,20,22)(H,21,23)/t15-/m1/s1. The minimum absolute atomic E-state index is 0.0107. The molecule has 0 heterocycles. The van der Waals surface area contributed by atoms with Crippen LogP contribution in [0.4, 0.5) is 0 Å². The Morgan fingerprint density at radius 3 is 1.91 bits per heavy atom. The summed E-state index contributed by atoms with van der Waals surface area (Å²) in [5, 5.41) is 6.00. The van der Waals surface area contributed by atoms with Crippen LogP contribution in [-0.4, -0.2) is 24.4 Å². The van der Waals surface area contributed by atoms with Crippen molar-refractivity contribution in [1.29, 1.82) is 0 Å². The van der Waals surface area contributed by atoms with Gasteiger partial charge in [-0.25, -0.2) is 0 Å². The molecule has 0 aliphatic rings. The summed E-state index contributed by atoms with van der Waals surface area (Å²) in [7, 11) is 0. The SMILES string of the molecule is CC(C)(C)C(=O)NC[C@@H](Cc1ccccc1)NC(=O)C(C)(C)C. The van der Waals surface area contributed by atoms with Crippen molar-refractivity contribution in [2.45, 2.75) is 54.0 Å². The minimum Gasteiger partial charge on any atom is -0.354 e. The van der Waals surface area contributed by atoms with E-state index >= 15 is 0 Å².